The molecule has 1 aromatic heterocycles. The van der Waals surface area contributed by atoms with E-state index in [1.165, 1.54) is 22.2 Å². The standard InChI is InChI=1S/C28H29N2O4/c1-19-9-10-25-22(13-19)21(11-12-34-25)17-30-18-29(23-7-5-6-8-24(23)30)16-20-14-26(31-2)28(33-4)27(15-20)32-3/h5-11,13-15,18H,12,16-17H2,1-4H3/q+1. The highest BCUT2D eigenvalue weighted by Crippen LogP contribution is 2.38. The second-order valence-electron chi connectivity index (χ2n) is 8.43. The van der Waals surface area contributed by atoms with Crippen LogP contribution >= 0.6 is 0 Å². The summed E-state index contributed by atoms with van der Waals surface area (Å²) in [5.41, 5.74) is 7.06. The van der Waals surface area contributed by atoms with Crippen LogP contribution in [0.25, 0.3) is 16.6 Å². The number of aromatic nitrogens is 2. The van der Waals surface area contributed by atoms with Crippen molar-refractivity contribution in [2.75, 3.05) is 27.9 Å². The first-order valence-electron chi connectivity index (χ1n) is 11.3. The molecule has 0 amide bonds. The van der Waals surface area contributed by atoms with Gasteiger partial charge in [0.1, 0.15) is 25.4 Å². The van der Waals surface area contributed by atoms with Gasteiger partial charge in [0.15, 0.2) is 22.5 Å². The van der Waals surface area contributed by atoms with Crippen LogP contribution in [0, 0.1) is 6.92 Å². The fourth-order valence-corrected chi connectivity index (χ4v) is 4.61. The van der Waals surface area contributed by atoms with Gasteiger partial charge in [-0.2, -0.15) is 0 Å². The Labute approximate surface area is 199 Å². The van der Waals surface area contributed by atoms with Gasteiger partial charge in [0.05, 0.1) is 21.3 Å². The number of nitrogens with zero attached hydrogens (tertiary/aromatic N) is 2. The molecule has 3 aromatic carbocycles. The Morgan fingerprint density at radius 3 is 2.44 bits per heavy atom. The molecule has 0 saturated heterocycles. The minimum Gasteiger partial charge on any atom is -0.493 e. The molecule has 0 aliphatic carbocycles. The van der Waals surface area contributed by atoms with Gasteiger partial charge in [-0.3, -0.25) is 0 Å². The number of methoxy groups -OCH3 is 3. The van der Waals surface area contributed by atoms with Crippen molar-refractivity contribution in [1.29, 1.82) is 0 Å². The maximum atomic E-state index is 5.86. The lowest BCUT2D eigenvalue weighted by atomic mass is 10.0. The maximum absolute atomic E-state index is 5.86. The van der Waals surface area contributed by atoms with Crippen molar-refractivity contribution in [3.05, 3.63) is 83.7 Å². The molecule has 2 heterocycles. The molecule has 0 radical (unpaired) electrons. The zero-order chi connectivity index (χ0) is 23.7. The highest BCUT2D eigenvalue weighted by atomic mass is 16.5. The molecule has 34 heavy (non-hydrogen) atoms. The molecule has 1 aliphatic heterocycles. The first-order valence-corrected chi connectivity index (χ1v) is 11.3. The number of ether oxygens (including phenoxy) is 4. The molecule has 1 aliphatic rings. The molecule has 0 N–H and O–H groups in total. The second-order valence-corrected chi connectivity index (χ2v) is 8.43. The van der Waals surface area contributed by atoms with Crippen LogP contribution in [0.4, 0.5) is 0 Å². The lowest BCUT2D eigenvalue weighted by molar-refractivity contribution is -0.663. The molecular weight excluding hydrogens is 428 g/mol. The smallest absolute Gasteiger partial charge is 0.245 e. The first kappa shape index (κ1) is 21.9. The van der Waals surface area contributed by atoms with Gasteiger partial charge >= 0.3 is 0 Å². The van der Waals surface area contributed by atoms with Crippen molar-refractivity contribution in [2.24, 2.45) is 0 Å². The van der Waals surface area contributed by atoms with E-state index in [4.69, 9.17) is 18.9 Å². The number of hydrogen-bond donors (Lipinski definition) is 0. The van der Waals surface area contributed by atoms with Gasteiger partial charge in [0.25, 0.3) is 0 Å². The van der Waals surface area contributed by atoms with Crippen LogP contribution < -0.4 is 23.5 Å². The summed E-state index contributed by atoms with van der Waals surface area (Å²) in [7, 11) is 4.90. The third-order valence-corrected chi connectivity index (χ3v) is 6.25. The number of aryl methyl sites for hydroxylation is 1. The Morgan fingerprint density at radius 1 is 0.941 bits per heavy atom. The zero-order valence-corrected chi connectivity index (χ0v) is 20.0. The van der Waals surface area contributed by atoms with Crippen molar-refractivity contribution in [1.82, 2.24) is 4.57 Å². The fraction of sp³-hybridized carbons (Fsp3) is 0.250. The highest BCUT2D eigenvalue weighted by Gasteiger charge is 2.22. The summed E-state index contributed by atoms with van der Waals surface area (Å²) in [5.74, 6) is 2.85. The van der Waals surface area contributed by atoms with E-state index in [0.29, 0.717) is 30.4 Å². The summed E-state index contributed by atoms with van der Waals surface area (Å²) in [6.07, 6.45) is 4.36. The molecular formula is C28H29N2O4+. The van der Waals surface area contributed by atoms with E-state index in [1.807, 2.05) is 12.1 Å². The Hall–Kier alpha value is -3.93. The van der Waals surface area contributed by atoms with Gasteiger partial charge in [-0.1, -0.05) is 23.8 Å². The van der Waals surface area contributed by atoms with Crippen molar-refractivity contribution < 1.29 is 23.5 Å². The van der Waals surface area contributed by atoms with Gasteiger partial charge in [-0.15, -0.1) is 0 Å². The number of para-hydroxylation sites is 2. The van der Waals surface area contributed by atoms with E-state index in [2.05, 4.69) is 70.9 Å². The van der Waals surface area contributed by atoms with E-state index >= 15 is 0 Å². The molecule has 0 spiro atoms. The number of fused-ring (bicyclic) bond motifs is 2. The van der Waals surface area contributed by atoms with Crippen molar-refractivity contribution in [2.45, 2.75) is 20.0 Å². The van der Waals surface area contributed by atoms with Gasteiger partial charge in [-0.25, -0.2) is 9.13 Å². The van der Waals surface area contributed by atoms with Crippen LogP contribution in [-0.2, 0) is 13.1 Å². The molecule has 6 nitrogen and oxygen atoms in total. The normalized spacial score (nSPS) is 12.6. The molecule has 4 aromatic rings. The van der Waals surface area contributed by atoms with Gasteiger partial charge in [-0.05, 0) is 49.4 Å². The van der Waals surface area contributed by atoms with Crippen LogP contribution in [0.2, 0.25) is 0 Å². The minimum atomic E-state index is 0.593. The first-order chi connectivity index (χ1) is 16.6. The predicted octanol–water partition coefficient (Wildman–Crippen LogP) is 4.79. The average molecular weight is 458 g/mol. The largest absolute Gasteiger partial charge is 0.493 e. The van der Waals surface area contributed by atoms with E-state index in [-0.39, 0.29) is 0 Å². The lowest BCUT2D eigenvalue weighted by Gasteiger charge is -2.18. The van der Waals surface area contributed by atoms with Gasteiger partial charge in [0, 0.05) is 16.7 Å². The van der Waals surface area contributed by atoms with Gasteiger partial charge in [0.2, 0.25) is 12.1 Å². The molecule has 0 fully saturated rings. The van der Waals surface area contributed by atoms with Crippen molar-refractivity contribution in [3.8, 4) is 23.0 Å². The molecule has 174 valence electrons. The van der Waals surface area contributed by atoms with E-state index in [9.17, 15) is 0 Å². The molecule has 6 heteroatoms. The van der Waals surface area contributed by atoms with E-state index in [1.54, 1.807) is 21.3 Å². The Morgan fingerprint density at radius 2 is 1.71 bits per heavy atom. The molecule has 0 bridgehead atoms. The number of rotatable bonds is 7. The monoisotopic (exact) mass is 457 g/mol. The molecule has 0 unspecified atom stereocenters. The summed E-state index contributed by atoms with van der Waals surface area (Å²) in [6.45, 7) is 4.14. The average Bonchev–Trinajstić information content (AvgIpc) is 3.20. The van der Waals surface area contributed by atoms with Crippen LogP contribution in [0.3, 0.4) is 0 Å². The van der Waals surface area contributed by atoms with E-state index in [0.717, 1.165) is 23.4 Å². The predicted molar refractivity (Wildman–Crippen MR) is 132 cm³/mol. The third kappa shape index (κ3) is 3.96. The topological polar surface area (TPSA) is 45.7 Å². The Bertz CT molecular complexity index is 1360. The zero-order valence-electron chi connectivity index (χ0n) is 20.0. The summed E-state index contributed by atoms with van der Waals surface area (Å²) >= 11 is 0. The van der Waals surface area contributed by atoms with Crippen LogP contribution in [0.5, 0.6) is 23.0 Å². The lowest BCUT2D eigenvalue weighted by Crippen LogP contribution is -2.33. The highest BCUT2D eigenvalue weighted by molar-refractivity contribution is 5.76. The number of hydrogen-bond acceptors (Lipinski definition) is 4. The molecule has 0 atom stereocenters. The summed E-state index contributed by atoms with van der Waals surface area (Å²) in [4.78, 5) is 0. The SMILES string of the molecule is COc1cc(C[n+]2cn(CC3=CCOc4ccc(C)cc43)c3ccccc32)cc(OC)c1OC. The summed E-state index contributed by atoms with van der Waals surface area (Å²) in [6, 6.07) is 18.8. The van der Waals surface area contributed by atoms with E-state index < -0.39 is 0 Å². The number of benzene rings is 3. The second kappa shape index (κ2) is 9.14. The minimum absolute atomic E-state index is 0.593. The summed E-state index contributed by atoms with van der Waals surface area (Å²) in [5, 5.41) is 0. The van der Waals surface area contributed by atoms with Crippen molar-refractivity contribution in [3.63, 3.8) is 0 Å². The quantitative estimate of drug-likeness (QED) is 0.375. The third-order valence-electron chi connectivity index (χ3n) is 6.25. The Balaban J connectivity index is 1.53. The van der Waals surface area contributed by atoms with Crippen LogP contribution in [0.15, 0.2) is 67.0 Å². The van der Waals surface area contributed by atoms with Crippen LogP contribution in [0.1, 0.15) is 16.7 Å². The van der Waals surface area contributed by atoms with Gasteiger partial charge < -0.3 is 18.9 Å². The molecule has 5 rings (SSSR count). The maximum Gasteiger partial charge on any atom is 0.245 e. The van der Waals surface area contributed by atoms with Crippen molar-refractivity contribution >= 4 is 16.6 Å². The molecule has 0 saturated carbocycles. The Kier molecular flexibility index (Phi) is 5.88. The van der Waals surface area contributed by atoms with Crippen LogP contribution in [-0.4, -0.2) is 32.5 Å². The number of allylic oxidation sites excluding steroid dienone is 1. The fourth-order valence-electron chi connectivity index (χ4n) is 4.61. The summed E-state index contributed by atoms with van der Waals surface area (Å²) < 4.78 is 27.0. The number of imidazole rings is 1.